The Morgan fingerprint density at radius 3 is 2.56 bits per heavy atom. The van der Waals surface area contributed by atoms with Crippen molar-refractivity contribution in [1.29, 1.82) is 0 Å². The summed E-state index contributed by atoms with van der Waals surface area (Å²) < 4.78 is 39.9. The Balaban J connectivity index is 1.99. The minimum atomic E-state index is -4.60. The van der Waals surface area contributed by atoms with E-state index in [2.05, 4.69) is 10.3 Å². The van der Waals surface area contributed by atoms with Gasteiger partial charge in [-0.1, -0.05) is 18.2 Å². The smallest absolute Gasteiger partial charge is 0.337 e. The quantitative estimate of drug-likeness (QED) is 0.323. The van der Waals surface area contributed by atoms with Gasteiger partial charge in [-0.05, 0) is 38.5 Å². The van der Waals surface area contributed by atoms with E-state index in [4.69, 9.17) is 5.73 Å². The number of anilines is 2. The minimum absolute atomic E-state index is 0.0284. The number of nitrogens with one attached hydrogen (secondary N) is 1. The predicted molar refractivity (Wildman–Crippen MR) is 124 cm³/mol. The minimum Gasteiger partial charge on any atom is -0.337 e. The Morgan fingerprint density at radius 2 is 1.91 bits per heavy atom. The van der Waals surface area contributed by atoms with Crippen molar-refractivity contribution >= 4 is 33.9 Å². The van der Waals surface area contributed by atoms with Gasteiger partial charge in [0.05, 0.1) is 21.9 Å². The molecule has 3 aromatic rings. The highest BCUT2D eigenvalue weighted by Gasteiger charge is 2.32. The number of nitro groups is 1. The largest absolute Gasteiger partial charge is 0.416 e. The fourth-order valence-corrected chi connectivity index (χ4v) is 3.84. The molecule has 0 aliphatic rings. The van der Waals surface area contributed by atoms with Crippen LogP contribution >= 0.6 is 11.3 Å². The molecule has 1 heterocycles. The maximum atomic E-state index is 13.3. The van der Waals surface area contributed by atoms with Crippen molar-refractivity contribution in [3.8, 4) is 11.3 Å². The lowest BCUT2D eigenvalue weighted by molar-refractivity contribution is -0.384. The second-order valence-electron chi connectivity index (χ2n) is 8.18. The van der Waals surface area contributed by atoms with Crippen LogP contribution in [-0.2, 0) is 6.18 Å². The summed E-state index contributed by atoms with van der Waals surface area (Å²) in [5, 5.41) is 15.4. The first kappa shape index (κ1) is 25.1. The Morgan fingerprint density at radius 1 is 1.21 bits per heavy atom. The number of nitrogens with two attached hydrogens (primary N) is 1. The first-order valence-electron chi connectivity index (χ1n) is 10.1. The molecule has 0 atom stereocenters. The highest BCUT2D eigenvalue weighted by atomic mass is 32.1. The molecular weight excluding hydrogens is 471 g/mol. The zero-order valence-corrected chi connectivity index (χ0v) is 19.1. The standard InChI is InChI=1S/C22H22F3N5O3S/c1-21(2,26)9-10-27-19(31)29(16-7-4-6-15(12-16)22(23,24)25)20-28-18(13-34-20)14-5-3-8-17(11-14)30(32)33/h3-8,11-13H,9-10,26H2,1-2H3,(H,27,31). The zero-order chi connectivity index (χ0) is 25.1. The number of alkyl halides is 3. The normalized spacial score (nSPS) is 11.8. The molecule has 1 aromatic heterocycles. The molecule has 180 valence electrons. The third-order valence-electron chi connectivity index (χ3n) is 4.72. The van der Waals surface area contributed by atoms with Crippen molar-refractivity contribution in [1.82, 2.24) is 10.3 Å². The van der Waals surface area contributed by atoms with E-state index >= 15 is 0 Å². The third-order valence-corrected chi connectivity index (χ3v) is 5.54. The summed E-state index contributed by atoms with van der Waals surface area (Å²) in [5.41, 5.74) is 5.09. The second-order valence-corrected chi connectivity index (χ2v) is 9.01. The molecule has 0 saturated carbocycles. The van der Waals surface area contributed by atoms with Crippen LogP contribution in [0.3, 0.4) is 0 Å². The van der Waals surface area contributed by atoms with E-state index < -0.39 is 28.2 Å². The number of rotatable bonds is 7. The topological polar surface area (TPSA) is 114 Å². The monoisotopic (exact) mass is 493 g/mol. The van der Waals surface area contributed by atoms with Crippen LogP contribution in [0.15, 0.2) is 53.9 Å². The summed E-state index contributed by atoms with van der Waals surface area (Å²) in [6.45, 7) is 3.77. The number of hydrogen-bond donors (Lipinski definition) is 2. The Bertz CT molecular complexity index is 1190. The molecule has 0 radical (unpaired) electrons. The second kappa shape index (κ2) is 9.77. The molecule has 8 nitrogen and oxygen atoms in total. The highest BCUT2D eigenvalue weighted by molar-refractivity contribution is 7.14. The number of carbonyl (C=O) groups is 1. The number of carbonyl (C=O) groups excluding carboxylic acids is 1. The van der Waals surface area contributed by atoms with E-state index in [0.29, 0.717) is 17.7 Å². The number of hydrogen-bond acceptors (Lipinski definition) is 6. The van der Waals surface area contributed by atoms with Crippen molar-refractivity contribution in [2.75, 3.05) is 11.4 Å². The molecule has 0 unspecified atom stereocenters. The van der Waals surface area contributed by atoms with Gasteiger partial charge in [0.1, 0.15) is 0 Å². The Labute approximate surface area is 197 Å². The van der Waals surface area contributed by atoms with E-state index in [1.165, 1.54) is 30.3 Å². The van der Waals surface area contributed by atoms with Crippen molar-refractivity contribution < 1.29 is 22.9 Å². The first-order valence-corrected chi connectivity index (χ1v) is 11.0. The molecule has 2 aromatic carbocycles. The number of non-ortho nitro benzene ring substituents is 1. The van der Waals surface area contributed by atoms with E-state index in [1.807, 2.05) is 0 Å². The molecule has 34 heavy (non-hydrogen) atoms. The lowest BCUT2D eigenvalue weighted by Crippen LogP contribution is -2.41. The first-order chi connectivity index (χ1) is 15.8. The van der Waals surface area contributed by atoms with Crippen LogP contribution in [0.1, 0.15) is 25.8 Å². The van der Waals surface area contributed by atoms with Gasteiger partial charge in [0.15, 0.2) is 5.13 Å². The van der Waals surface area contributed by atoms with Crippen molar-refractivity contribution in [3.05, 3.63) is 69.6 Å². The van der Waals surface area contributed by atoms with Crippen LogP contribution < -0.4 is 16.0 Å². The summed E-state index contributed by atoms with van der Waals surface area (Å²) in [6.07, 6.45) is -4.16. The average Bonchev–Trinajstić information content (AvgIpc) is 3.22. The van der Waals surface area contributed by atoms with Gasteiger partial charge in [0.25, 0.3) is 5.69 Å². The number of nitrogens with zero attached hydrogens (tertiary/aromatic N) is 3. The van der Waals surface area contributed by atoms with Gasteiger partial charge in [0, 0.05) is 35.2 Å². The summed E-state index contributed by atoms with van der Waals surface area (Å²) in [4.78, 5) is 29.0. The highest BCUT2D eigenvalue weighted by Crippen LogP contribution is 2.36. The van der Waals surface area contributed by atoms with E-state index in [1.54, 1.807) is 25.3 Å². The average molecular weight is 494 g/mol. The van der Waals surface area contributed by atoms with Gasteiger partial charge >= 0.3 is 12.2 Å². The lowest BCUT2D eigenvalue weighted by Gasteiger charge is -2.23. The Hall–Kier alpha value is -3.51. The van der Waals surface area contributed by atoms with Crippen molar-refractivity contribution in [2.45, 2.75) is 32.0 Å². The summed E-state index contributed by atoms with van der Waals surface area (Å²) >= 11 is 1.02. The number of nitro benzene ring substituents is 1. The molecule has 0 aliphatic heterocycles. The maximum absolute atomic E-state index is 13.3. The number of aromatic nitrogens is 1. The lowest BCUT2D eigenvalue weighted by atomic mass is 10.0. The molecule has 0 spiro atoms. The SMILES string of the molecule is CC(C)(N)CCNC(=O)N(c1cccc(C(F)(F)F)c1)c1nc(-c2cccc([N+](=O)[O-])c2)cs1. The van der Waals surface area contributed by atoms with Crippen LogP contribution in [0.5, 0.6) is 0 Å². The van der Waals surface area contributed by atoms with Gasteiger partial charge in [-0.3, -0.25) is 10.1 Å². The maximum Gasteiger partial charge on any atom is 0.416 e. The molecule has 3 N–H and O–H groups in total. The molecule has 0 fully saturated rings. The third kappa shape index (κ3) is 6.29. The summed E-state index contributed by atoms with van der Waals surface area (Å²) in [7, 11) is 0. The van der Waals surface area contributed by atoms with Crippen molar-refractivity contribution in [2.24, 2.45) is 5.73 Å². The number of halogens is 3. The molecular formula is C22H22F3N5O3S. The number of thiazole rings is 1. The van der Waals surface area contributed by atoms with Crippen LogP contribution in [-0.4, -0.2) is 28.0 Å². The fraction of sp³-hybridized carbons (Fsp3) is 0.273. The van der Waals surface area contributed by atoms with E-state index in [9.17, 15) is 28.1 Å². The fourth-order valence-electron chi connectivity index (χ4n) is 2.98. The number of benzene rings is 2. The van der Waals surface area contributed by atoms with Gasteiger partial charge in [-0.2, -0.15) is 13.2 Å². The molecule has 0 aliphatic carbocycles. The number of amides is 2. The number of urea groups is 1. The van der Waals surface area contributed by atoms with Gasteiger partial charge in [-0.15, -0.1) is 11.3 Å². The Kier molecular flexibility index (Phi) is 7.22. The molecule has 0 bridgehead atoms. The van der Waals surface area contributed by atoms with E-state index in [0.717, 1.165) is 28.4 Å². The van der Waals surface area contributed by atoms with Crippen LogP contribution in [0.25, 0.3) is 11.3 Å². The van der Waals surface area contributed by atoms with Crippen LogP contribution in [0.4, 0.5) is 34.5 Å². The van der Waals surface area contributed by atoms with E-state index in [-0.39, 0.29) is 23.1 Å². The molecule has 12 heteroatoms. The summed E-state index contributed by atoms with van der Waals surface area (Å²) in [6, 6.07) is 9.45. The van der Waals surface area contributed by atoms with Crippen LogP contribution in [0.2, 0.25) is 0 Å². The molecule has 0 saturated heterocycles. The van der Waals surface area contributed by atoms with Gasteiger partial charge in [-0.25, -0.2) is 14.7 Å². The zero-order valence-electron chi connectivity index (χ0n) is 18.3. The van der Waals surface area contributed by atoms with Gasteiger partial charge < -0.3 is 11.1 Å². The predicted octanol–water partition coefficient (Wildman–Crippen LogP) is 5.71. The molecule has 3 rings (SSSR count). The van der Waals surface area contributed by atoms with Crippen molar-refractivity contribution in [3.63, 3.8) is 0 Å². The molecule has 2 amide bonds. The summed E-state index contributed by atoms with van der Waals surface area (Å²) in [5.74, 6) is 0. The van der Waals surface area contributed by atoms with Gasteiger partial charge in [0.2, 0.25) is 0 Å². The van der Waals surface area contributed by atoms with Crippen LogP contribution in [0, 0.1) is 10.1 Å².